The van der Waals surface area contributed by atoms with E-state index in [9.17, 15) is 0 Å². The Hall–Kier alpha value is -0.230. The highest BCUT2D eigenvalue weighted by atomic mass is 32.2. The molecule has 16 heavy (non-hydrogen) atoms. The molecule has 0 amide bonds. The summed E-state index contributed by atoms with van der Waals surface area (Å²) in [5.74, 6) is 0. The topological polar surface area (TPSA) is 12.9 Å². The molecule has 0 atom stereocenters. The predicted octanol–water partition coefficient (Wildman–Crippen LogP) is 4.94. The average molecular weight is 281 g/mol. The lowest BCUT2D eigenvalue weighted by Gasteiger charge is -2.01. The summed E-state index contributed by atoms with van der Waals surface area (Å²) in [6.07, 6.45) is 1.84. The van der Waals surface area contributed by atoms with Gasteiger partial charge in [-0.1, -0.05) is 53.1 Å². The fraction of sp³-hybridized carbons (Fsp3) is 0. The van der Waals surface area contributed by atoms with Crippen LogP contribution in [0.2, 0.25) is 0 Å². The molecule has 2 aliphatic rings. The molecule has 0 aromatic carbocycles. The van der Waals surface area contributed by atoms with Gasteiger partial charge in [-0.05, 0) is 28.4 Å². The first-order valence-electron chi connectivity index (χ1n) is 4.62. The van der Waals surface area contributed by atoms with E-state index in [-0.39, 0.29) is 0 Å². The predicted molar refractivity (Wildman–Crippen MR) is 78.7 cm³/mol. The van der Waals surface area contributed by atoms with Gasteiger partial charge in [-0.15, -0.1) is 0 Å². The first-order chi connectivity index (χ1) is 7.93. The van der Waals surface area contributed by atoms with Crippen LogP contribution in [0, 0.1) is 0 Å². The van der Waals surface area contributed by atoms with E-state index in [4.69, 9.17) is 0 Å². The molecule has 80 valence electrons. The van der Waals surface area contributed by atoms with Crippen LogP contribution in [0.1, 0.15) is 5.69 Å². The largest absolute Gasteiger partial charge is 0.256 e. The van der Waals surface area contributed by atoms with Gasteiger partial charge in [0.25, 0.3) is 0 Å². The molecular weight excluding hydrogens is 274 g/mol. The Bertz CT molecular complexity index is 480. The highest BCUT2D eigenvalue weighted by Gasteiger charge is 2.19. The van der Waals surface area contributed by atoms with E-state index in [1.54, 1.807) is 35.3 Å². The van der Waals surface area contributed by atoms with E-state index in [1.807, 2.05) is 30.1 Å². The zero-order valence-corrected chi connectivity index (χ0v) is 11.4. The monoisotopic (exact) mass is 281 g/mol. The molecule has 1 aromatic rings. The van der Waals surface area contributed by atoms with Crippen molar-refractivity contribution < 1.29 is 0 Å². The van der Waals surface area contributed by atoms with Gasteiger partial charge < -0.3 is 0 Å². The minimum Gasteiger partial charge on any atom is -0.256 e. The fourth-order valence-corrected chi connectivity index (χ4v) is 5.71. The number of nitrogens with zero attached hydrogens (tertiary/aromatic N) is 1. The maximum atomic E-state index is 4.37. The van der Waals surface area contributed by atoms with E-state index in [0.29, 0.717) is 0 Å². The summed E-state index contributed by atoms with van der Waals surface area (Å²) in [4.78, 5) is 5.62. The summed E-state index contributed by atoms with van der Waals surface area (Å²) < 4.78 is 2.76. The van der Waals surface area contributed by atoms with Gasteiger partial charge in [0.1, 0.15) is 0 Å². The summed E-state index contributed by atoms with van der Waals surface area (Å²) in [7, 11) is 0. The van der Waals surface area contributed by atoms with Crippen LogP contribution in [0.25, 0.3) is 4.91 Å². The molecule has 0 aliphatic carbocycles. The Labute approximate surface area is 111 Å². The summed E-state index contributed by atoms with van der Waals surface area (Å²) in [6.45, 7) is 0. The van der Waals surface area contributed by atoms with Crippen molar-refractivity contribution in [3.8, 4) is 0 Å². The fourth-order valence-electron chi connectivity index (χ4n) is 1.27. The second-order valence-corrected chi connectivity index (χ2v) is 7.28. The third-order valence-corrected chi connectivity index (χ3v) is 7.01. The molecule has 0 N–H and O–H groups in total. The molecule has 0 spiro atoms. The molecule has 0 unspecified atom stereocenters. The van der Waals surface area contributed by atoms with Gasteiger partial charge in [0, 0.05) is 11.1 Å². The quantitative estimate of drug-likeness (QED) is 0.721. The highest BCUT2D eigenvalue weighted by molar-refractivity contribution is 8.35. The first-order valence-corrected chi connectivity index (χ1v) is 8.08. The van der Waals surface area contributed by atoms with Crippen LogP contribution in [0.3, 0.4) is 0 Å². The molecule has 0 bridgehead atoms. The van der Waals surface area contributed by atoms with Gasteiger partial charge in [-0.3, -0.25) is 4.98 Å². The number of pyridine rings is 1. The third kappa shape index (κ3) is 2.22. The van der Waals surface area contributed by atoms with Crippen molar-refractivity contribution in [1.82, 2.24) is 4.98 Å². The van der Waals surface area contributed by atoms with Crippen LogP contribution in [0.15, 0.2) is 49.1 Å². The third-order valence-electron chi connectivity index (χ3n) is 1.97. The second kappa shape index (κ2) is 4.96. The number of aromatic nitrogens is 1. The molecule has 0 saturated carbocycles. The maximum Gasteiger partial charge on any atom is 0.0774 e. The Kier molecular flexibility index (Phi) is 3.38. The number of hydrogen-bond acceptors (Lipinski definition) is 5. The molecular formula is C11H7NS4. The standard InChI is InChI=1S/C11H7NS4/c1-2-4-12-8(3-1)9-7-15-11(16-9)10-13-5-6-14-10/h1-7H. The van der Waals surface area contributed by atoms with Crippen molar-refractivity contribution in [1.29, 1.82) is 0 Å². The molecule has 2 aliphatic heterocycles. The summed E-state index contributed by atoms with van der Waals surface area (Å²) in [6, 6.07) is 6.03. The van der Waals surface area contributed by atoms with Crippen LogP contribution in [-0.2, 0) is 0 Å². The van der Waals surface area contributed by atoms with Crippen molar-refractivity contribution in [2.75, 3.05) is 0 Å². The smallest absolute Gasteiger partial charge is 0.0774 e. The van der Waals surface area contributed by atoms with Gasteiger partial charge in [0.2, 0.25) is 0 Å². The Balaban J connectivity index is 1.80. The van der Waals surface area contributed by atoms with E-state index in [1.165, 1.54) is 13.4 Å². The van der Waals surface area contributed by atoms with Gasteiger partial charge >= 0.3 is 0 Å². The number of rotatable bonds is 1. The lowest BCUT2D eigenvalue weighted by Crippen LogP contribution is -1.81. The number of thioether (sulfide) groups is 4. The molecule has 3 rings (SSSR count). The lowest BCUT2D eigenvalue weighted by molar-refractivity contribution is 1.29. The van der Waals surface area contributed by atoms with Gasteiger partial charge in [-0.25, -0.2) is 0 Å². The van der Waals surface area contributed by atoms with Crippen LogP contribution in [0.5, 0.6) is 0 Å². The van der Waals surface area contributed by atoms with Gasteiger partial charge in [-0.2, -0.15) is 0 Å². The van der Waals surface area contributed by atoms with Crippen molar-refractivity contribution in [3.63, 3.8) is 0 Å². The van der Waals surface area contributed by atoms with E-state index in [0.717, 1.165) is 5.69 Å². The van der Waals surface area contributed by atoms with Crippen molar-refractivity contribution >= 4 is 52.0 Å². The zero-order valence-electron chi connectivity index (χ0n) is 8.12. The van der Waals surface area contributed by atoms with Crippen LogP contribution in [0.4, 0.5) is 0 Å². The van der Waals surface area contributed by atoms with Crippen LogP contribution < -0.4 is 0 Å². The Morgan fingerprint density at radius 3 is 2.56 bits per heavy atom. The van der Waals surface area contributed by atoms with E-state index < -0.39 is 0 Å². The maximum absolute atomic E-state index is 4.37. The lowest BCUT2D eigenvalue weighted by atomic mass is 10.3. The summed E-state index contributed by atoms with van der Waals surface area (Å²) >= 11 is 7.23. The van der Waals surface area contributed by atoms with Gasteiger partial charge in [0.15, 0.2) is 0 Å². The second-order valence-electron chi connectivity index (χ2n) is 3.00. The average Bonchev–Trinajstić information content (AvgIpc) is 3.01. The highest BCUT2D eigenvalue weighted by Crippen LogP contribution is 2.55. The van der Waals surface area contributed by atoms with Crippen molar-refractivity contribution in [2.45, 2.75) is 0 Å². The minimum atomic E-state index is 1.07. The summed E-state index contributed by atoms with van der Waals surface area (Å²) in [5.41, 5.74) is 1.07. The molecule has 0 saturated heterocycles. The Morgan fingerprint density at radius 2 is 1.81 bits per heavy atom. The molecule has 3 heterocycles. The van der Waals surface area contributed by atoms with Crippen LogP contribution >= 0.6 is 47.0 Å². The zero-order chi connectivity index (χ0) is 10.8. The van der Waals surface area contributed by atoms with E-state index >= 15 is 0 Å². The SMILES string of the molecule is C1=CSC(=C2SC=C(c3ccccn3)S2)S1. The molecule has 0 fully saturated rings. The summed E-state index contributed by atoms with van der Waals surface area (Å²) in [5, 5.41) is 6.45. The Morgan fingerprint density at radius 1 is 0.938 bits per heavy atom. The minimum absolute atomic E-state index is 1.07. The molecule has 1 aromatic heterocycles. The van der Waals surface area contributed by atoms with Crippen molar-refractivity contribution in [3.05, 3.63) is 54.8 Å². The molecule has 1 nitrogen and oxygen atoms in total. The first kappa shape index (κ1) is 10.9. The normalized spacial score (nSPS) is 19.4. The molecule has 5 heteroatoms. The molecule has 0 radical (unpaired) electrons. The van der Waals surface area contributed by atoms with E-state index in [2.05, 4.69) is 27.3 Å². The van der Waals surface area contributed by atoms with Crippen LogP contribution in [-0.4, -0.2) is 4.98 Å². The van der Waals surface area contributed by atoms with Gasteiger partial charge in [0.05, 0.1) is 14.2 Å². The number of hydrogen-bond donors (Lipinski definition) is 0. The van der Waals surface area contributed by atoms with Crippen molar-refractivity contribution in [2.24, 2.45) is 0 Å².